The van der Waals surface area contributed by atoms with Crippen molar-refractivity contribution in [2.24, 2.45) is 5.10 Å². The number of halogens is 1. The maximum atomic E-state index is 12.1. The normalized spacial score (nSPS) is 10.8. The number of benzene rings is 1. The van der Waals surface area contributed by atoms with Gasteiger partial charge in [0.15, 0.2) is 23.3 Å². The van der Waals surface area contributed by atoms with Crippen LogP contribution in [0.25, 0.3) is 0 Å². The highest BCUT2D eigenvalue weighted by molar-refractivity contribution is 14.1. The number of amides is 1. The van der Waals surface area contributed by atoms with Crippen LogP contribution in [0.5, 0.6) is 11.5 Å². The van der Waals surface area contributed by atoms with E-state index in [1.807, 2.05) is 26.8 Å². The average molecular weight is 572 g/mol. The molecule has 0 atom stereocenters. The van der Waals surface area contributed by atoms with E-state index in [-0.39, 0.29) is 24.9 Å². The number of rotatable bonds is 11. The molecule has 0 fully saturated rings. The number of nitrogens with one attached hydrogen (secondary N) is 1. The second-order valence-electron chi connectivity index (χ2n) is 6.37. The van der Waals surface area contributed by atoms with Crippen LogP contribution < -0.4 is 14.9 Å². The summed E-state index contributed by atoms with van der Waals surface area (Å²) in [5.74, 6) is 0.333. The molecular formula is C21H25IN4O5S. The van der Waals surface area contributed by atoms with E-state index >= 15 is 0 Å². The number of hydrogen-bond acceptors (Lipinski definition) is 9. The summed E-state index contributed by atoms with van der Waals surface area (Å²) < 4.78 is 16.8. The fourth-order valence-electron chi connectivity index (χ4n) is 2.50. The van der Waals surface area contributed by atoms with Gasteiger partial charge in [-0.2, -0.15) is 5.10 Å². The zero-order valence-electron chi connectivity index (χ0n) is 18.3. The molecule has 0 saturated heterocycles. The van der Waals surface area contributed by atoms with E-state index < -0.39 is 5.97 Å². The molecule has 1 aromatic carbocycles. The molecule has 0 spiro atoms. The van der Waals surface area contributed by atoms with Crippen LogP contribution in [0.4, 0.5) is 0 Å². The number of carbonyl (C=O) groups excluding carboxylic acids is 2. The molecule has 172 valence electrons. The molecule has 0 unspecified atom stereocenters. The summed E-state index contributed by atoms with van der Waals surface area (Å²) >= 11 is 3.33. The van der Waals surface area contributed by atoms with Gasteiger partial charge in [-0.3, -0.25) is 4.79 Å². The Morgan fingerprint density at radius 2 is 1.84 bits per heavy atom. The van der Waals surface area contributed by atoms with Gasteiger partial charge in [0.1, 0.15) is 0 Å². The third kappa shape index (κ3) is 8.61. The largest absolute Gasteiger partial charge is 0.490 e. The number of nitrogens with zero attached hydrogens (tertiary/aromatic N) is 3. The van der Waals surface area contributed by atoms with Crippen molar-refractivity contribution in [3.05, 3.63) is 38.7 Å². The number of aryl methyl sites for hydroxylation is 2. The lowest BCUT2D eigenvalue weighted by molar-refractivity contribution is -0.145. The van der Waals surface area contributed by atoms with Gasteiger partial charge >= 0.3 is 5.97 Å². The lowest BCUT2D eigenvalue weighted by atomic mass is 10.2. The number of carbonyl (C=O) groups is 2. The molecule has 2 aromatic rings. The SMILES string of the molecule is CCOC(=O)COc1c(I)cc(/C=N\NC(=O)CSc2nc(C)cc(C)n2)cc1OCC. The monoisotopic (exact) mass is 572 g/mol. The fourth-order valence-corrected chi connectivity index (χ4v) is 4.02. The molecule has 1 heterocycles. The summed E-state index contributed by atoms with van der Waals surface area (Å²) in [6.45, 7) is 7.84. The van der Waals surface area contributed by atoms with Gasteiger partial charge in [0.25, 0.3) is 5.91 Å². The van der Waals surface area contributed by atoms with Crippen molar-refractivity contribution in [1.29, 1.82) is 0 Å². The first-order chi connectivity index (χ1) is 15.3. The molecule has 0 aliphatic heterocycles. The molecule has 9 nitrogen and oxygen atoms in total. The van der Waals surface area contributed by atoms with Gasteiger partial charge in [0, 0.05) is 11.4 Å². The minimum absolute atomic E-state index is 0.141. The smallest absolute Gasteiger partial charge is 0.344 e. The van der Waals surface area contributed by atoms with Gasteiger partial charge in [-0.15, -0.1) is 0 Å². The van der Waals surface area contributed by atoms with Crippen molar-refractivity contribution in [1.82, 2.24) is 15.4 Å². The Kier molecular flexibility index (Phi) is 10.7. The van der Waals surface area contributed by atoms with E-state index in [1.54, 1.807) is 19.1 Å². The Bertz CT molecular complexity index is 967. The van der Waals surface area contributed by atoms with Crippen LogP contribution in [0, 0.1) is 17.4 Å². The van der Waals surface area contributed by atoms with Crippen LogP contribution in [0.15, 0.2) is 28.5 Å². The Balaban J connectivity index is 1.98. The number of hydrazone groups is 1. The van der Waals surface area contributed by atoms with E-state index in [2.05, 4.69) is 43.1 Å². The number of thioether (sulfide) groups is 1. The Labute approximate surface area is 204 Å². The molecule has 0 radical (unpaired) electrons. The molecule has 32 heavy (non-hydrogen) atoms. The molecule has 1 N–H and O–H groups in total. The van der Waals surface area contributed by atoms with Crippen LogP contribution in [0.1, 0.15) is 30.8 Å². The Morgan fingerprint density at radius 3 is 2.50 bits per heavy atom. The number of ether oxygens (including phenoxy) is 3. The zero-order valence-corrected chi connectivity index (χ0v) is 21.3. The molecule has 11 heteroatoms. The lowest BCUT2D eigenvalue weighted by Gasteiger charge is -2.14. The molecule has 1 aromatic heterocycles. The van der Waals surface area contributed by atoms with Crippen LogP contribution in [0.2, 0.25) is 0 Å². The fraction of sp³-hybridized carbons (Fsp3) is 0.381. The first-order valence-electron chi connectivity index (χ1n) is 9.84. The topological polar surface area (TPSA) is 112 Å². The summed E-state index contributed by atoms with van der Waals surface area (Å²) in [5, 5.41) is 4.56. The van der Waals surface area contributed by atoms with Crippen molar-refractivity contribution in [3.63, 3.8) is 0 Å². The third-order valence-electron chi connectivity index (χ3n) is 3.67. The van der Waals surface area contributed by atoms with E-state index in [9.17, 15) is 9.59 Å². The minimum atomic E-state index is -0.455. The first kappa shape index (κ1) is 25.8. The van der Waals surface area contributed by atoms with E-state index in [0.29, 0.717) is 28.8 Å². The highest BCUT2D eigenvalue weighted by Crippen LogP contribution is 2.34. The Morgan fingerprint density at radius 1 is 1.12 bits per heavy atom. The van der Waals surface area contributed by atoms with E-state index in [1.165, 1.54) is 18.0 Å². The van der Waals surface area contributed by atoms with Crippen LogP contribution in [0.3, 0.4) is 0 Å². The maximum Gasteiger partial charge on any atom is 0.344 e. The molecule has 0 aliphatic rings. The van der Waals surface area contributed by atoms with Crippen molar-refractivity contribution in [3.8, 4) is 11.5 Å². The van der Waals surface area contributed by atoms with Gasteiger partial charge < -0.3 is 14.2 Å². The molecule has 1 amide bonds. The predicted molar refractivity (Wildman–Crippen MR) is 130 cm³/mol. The highest BCUT2D eigenvalue weighted by Gasteiger charge is 2.14. The Hall–Kier alpha value is -2.41. The third-order valence-corrected chi connectivity index (χ3v) is 5.32. The summed E-state index contributed by atoms with van der Waals surface area (Å²) in [5.41, 5.74) is 4.90. The van der Waals surface area contributed by atoms with Gasteiger partial charge in [0.05, 0.1) is 28.8 Å². The summed E-state index contributed by atoms with van der Waals surface area (Å²) in [4.78, 5) is 32.2. The van der Waals surface area contributed by atoms with E-state index in [4.69, 9.17) is 14.2 Å². The summed E-state index contributed by atoms with van der Waals surface area (Å²) in [6.07, 6.45) is 1.51. The number of aromatic nitrogens is 2. The number of esters is 1. The first-order valence-corrected chi connectivity index (χ1v) is 11.9. The van der Waals surface area contributed by atoms with Crippen molar-refractivity contribution in [2.75, 3.05) is 25.6 Å². The molecule has 0 aliphatic carbocycles. The van der Waals surface area contributed by atoms with Gasteiger partial charge in [0.2, 0.25) is 0 Å². The second-order valence-corrected chi connectivity index (χ2v) is 8.48. The molecular weight excluding hydrogens is 547 g/mol. The summed E-state index contributed by atoms with van der Waals surface area (Å²) in [6, 6.07) is 5.40. The molecule has 0 saturated carbocycles. The predicted octanol–water partition coefficient (Wildman–Crippen LogP) is 3.28. The highest BCUT2D eigenvalue weighted by atomic mass is 127. The molecule has 0 bridgehead atoms. The zero-order chi connectivity index (χ0) is 23.5. The minimum Gasteiger partial charge on any atom is -0.490 e. The molecule has 2 rings (SSSR count). The van der Waals surface area contributed by atoms with Crippen molar-refractivity contribution < 1.29 is 23.8 Å². The second kappa shape index (κ2) is 13.2. The number of hydrogen-bond donors (Lipinski definition) is 1. The van der Waals surface area contributed by atoms with Crippen LogP contribution in [-0.4, -0.2) is 53.6 Å². The van der Waals surface area contributed by atoms with Gasteiger partial charge in [-0.1, -0.05) is 11.8 Å². The summed E-state index contributed by atoms with van der Waals surface area (Å²) in [7, 11) is 0. The van der Waals surface area contributed by atoms with Crippen molar-refractivity contribution in [2.45, 2.75) is 32.9 Å². The lowest BCUT2D eigenvalue weighted by Crippen LogP contribution is -2.20. The maximum absolute atomic E-state index is 12.1. The average Bonchev–Trinajstić information content (AvgIpc) is 2.71. The van der Waals surface area contributed by atoms with Crippen molar-refractivity contribution >= 4 is 52.4 Å². The van der Waals surface area contributed by atoms with Gasteiger partial charge in [-0.25, -0.2) is 20.2 Å². The van der Waals surface area contributed by atoms with Crippen LogP contribution in [-0.2, 0) is 14.3 Å². The quantitative estimate of drug-likeness (QED) is 0.109. The standard InChI is InChI=1S/C21H25IN4O5S/c1-5-29-17-9-15(8-16(22)20(17)31-11-19(28)30-6-2)10-23-26-18(27)12-32-21-24-13(3)7-14(4)25-21/h7-10H,5-6,11-12H2,1-4H3,(H,26,27)/b23-10-. The van der Waals surface area contributed by atoms with Crippen LogP contribution >= 0.6 is 34.4 Å². The van der Waals surface area contributed by atoms with E-state index in [0.717, 1.165) is 15.0 Å². The van der Waals surface area contributed by atoms with Gasteiger partial charge in [-0.05, 0) is 74.0 Å².